The molecule has 0 unspecified atom stereocenters. The van der Waals surface area contributed by atoms with Gasteiger partial charge in [-0.2, -0.15) is 0 Å². The zero-order valence-corrected chi connectivity index (χ0v) is 9.87. The van der Waals surface area contributed by atoms with Crippen LogP contribution in [0.1, 0.15) is 26.7 Å². The van der Waals surface area contributed by atoms with Gasteiger partial charge in [-0.1, -0.05) is 0 Å². The Kier molecular flexibility index (Phi) is 3.38. The number of carbonyl (C=O) groups is 1. The highest BCUT2D eigenvalue weighted by molar-refractivity contribution is 5.84. The second kappa shape index (κ2) is 4.08. The van der Waals surface area contributed by atoms with Gasteiger partial charge in [0, 0.05) is 7.05 Å². The average molecular weight is 216 g/mol. The highest BCUT2D eigenvalue weighted by Gasteiger charge is 2.52. The summed E-state index contributed by atoms with van der Waals surface area (Å²) >= 11 is 0. The fourth-order valence-electron chi connectivity index (χ4n) is 1.31. The quantitative estimate of drug-likeness (QED) is 0.537. The number of nitrogens with zero attached hydrogens (tertiary/aromatic N) is 1. The van der Waals surface area contributed by atoms with Crippen molar-refractivity contribution in [1.82, 2.24) is 5.06 Å². The molecule has 1 saturated carbocycles. The SMILES string of the molecule is CON(C)C(=O)C1(COC(C)(C)N)CC1. The number of hydrogen-bond donors (Lipinski definition) is 1. The Morgan fingerprint density at radius 2 is 2.07 bits per heavy atom. The highest BCUT2D eigenvalue weighted by Crippen LogP contribution is 2.47. The van der Waals surface area contributed by atoms with E-state index < -0.39 is 11.1 Å². The molecular weight excluding hydrogens is 196 g/mol. The van der Waals surface area contributed by atoms with E-state index in [0.717, 1.165) is 12.8 Å². The van der Waals surface area contributed by atoms with E-state index in [9.17, 15) is 4.79 Å². The molecule has 1 rings (SSSR count). The van der Waals surface area contributed by atoms with Gasteiger partial charge in [-0.3, -0.25) is 9.63 Å². The summed E-state index contributed by atoms with van der Waals surface area (Å²) in [6.07, 6.45) is 1.69. The topological polar surface area (TPSA) is 64.8 Å². The lowest BCUT2D eigenvalue weighted by Gasteiger charge is -2.25. The summed E-state index contributed by atoms with van der Waals surface area (Å²) in [4.78, 5) is 16.7. The molecule has 0 atom stereocenters. The van der Waals surface area contributed by atoms with Crippen LogP contribution in [-0.4, -0.2) is 37.5 Å². The van der Waals surface area contributed by atoms with Crippen molar-refractivity contribution in [3.8, 4) is 0 Å². The van der Waals surface area contributed by atoms with Crippen molar-refractivity contribution >= 4 is 5.91 Å². The largest absolute Gasteiger partial charge is 0.360 e. The lowest BCUT2D eigenvalue weighted by Crippen LogP contribution is -2.41. The second-order valence-corrected chi connectivity index (χ2v) is 4.66. The third-order valence-electron chi connectivity index (χ3n) is 2.59. The summed E-state index contributed by atoms with van der Waals surface area (Å²) in [5.74, 6) is -0.0331. The molecule has 0 saturated heterocycles. The Morgan fingerprint density at radius 3 is 2.40 bits per heavy atom. The first kappa shape index (κ1) is 12.4. The molecule has 0 aromatic carbocycles. The van der Waals surface area contributed by atoms with Crippen LogP contribution in [-0.2, 0) is 14.4 Å². The second-order valence-electron chi connectivity index (χ2n) is 4.66. The van der Waals surface area contributed by atoms with E-state index in [1.54, 1.807) is 20.9 Å². The lowest BCUT2D eigenvalue weighted by atomic mass is 10.1. The molecule has 0 spiro atoms. The minimum Gasteiger partial charge on any atom is -0.360 e. The van der Waals surface area contributed by atoms with E-state index >= 15 is 0 Å². The first-order valence-electron chi connectivity index (χ1n) is 5.06. The van der Waals surface area contributed by atoms with Crippen molar-refractivity contribution in [3.05, 3.63) is 0 Å². The summed E-state index contributed by atoms with van der Waals surface area (Å²) in [6.45, 7) is 3.91. The predicted octanol–water partition coefficient (Wildman–Crippen LogP) is 0.498. The smallest absolute Gasteiger partial charge is 0.254 e. The van der Waals surface area contributed by atoms with Gasteiger partial charge in [0.1, 0.15) is 5.72 Å². The molecule has 2 N–H and O–H groups in total. The Bertz CT molecular complexity index is 244. The molecule has 0 aromatic rings. The number of rotatable bonds is 5. The van der Waals surface area contributed by atoms with Crippen LogP contribution >= 0.6 is 0 Å². The fraction of sp³-hybridized carbons (Fsp3) is 0.900. The number of carbonyl (C=O) groups excluding carboxylic acids is 1. The van der Waals surface area contributed by atoms with Crippen molar-refractivity contribution in [3.63, 3.8) is 0 Å². The van der Waals surface area contributed by atoms with Crippen molar-refractivity contribution < 1.29 is 14.4 Å². The molecule has 1 aliphatic carbocycles. The molecule has 1 aliphatic rings. The van der Waals surface area contributed by atoms with Gasteiger partial charge in [-0.05, 0) is 26.7 Å². The zero-order chi connectivity index (χ0) is 11.7. The Hall–Kier alpha value is -0.650. The molecule has 88 valence electrons. The van der Waals surface area contributed by atoms with E-state index in [1.165, 1.54) is 12.2 Å². The van der Waals surface area contributed by atoms with Gasteiger partial charge in [0.05, 0.1) is 19.1 Å². The molecule has 0 aromatic heterocycles. The normalized spacial score (nSPS) is 18.7. The molecule has 0 radical (unpaired) electrons. The standard InChI is InChI=1S/C10H20N2O3/c1-9(2,11)15-7-10(5-6-10)8(13)12(3)14-4/h5-7,11H2,1-4H3. The van der Waals surface area contributed by atoms with Crippen LogP contribution in [0.2, 0.25) is 0 Å². The summed E-state index contributed by atoms with van der Waals surface area (Å²) < 4.78 is 5.45. The Morgan fingerprint density at radius 1 is 1.53 bits per heavy atom. The van der Waals surface area contributed by atoms with Gasteiger partial charge in [0.2, 0.25) is 0 Å². The highest BCUT2D eigenvalue weighted by atomic mass is 16.7. The van der Waals surface area contributed by atoms with E-state index in [0.29, 0.717) is 6.61 Å². The monoisotopic (exact) mass is 216 g/mol. The van der Waals surface area contributed by atoms with Crippen molar-refractivity contribution in [2.24, 2.45) is 11.1 Å². The van der Waals surface area contributed by atoms with E-state index in [2.05, 4.69) is 0 Å². The average Bonchev–Trinajstić information content (AvgIpc) is 2.92. The molecule has 5 nitrogen and oxygen atoms in total. The lowest BCUT2D eigenvalue weighted by molar-refractivity contribution is -0.179. The van der Waals surface area contributed by atoms with E-state index in [-0.39, 0.29) is 5.91 Å². The fourth-order valence-corrected chi connectivity index (χ4v) is 1.31. The van der Waals surface area contributed by atoms with Gasteiger partial charge in [0.25, 0.3) is 5.91 Å². The van der Waals surface area contributed by atoms with Crippen molar-refractivity contribution in [2.75, 3.05) is 20.8 Å². The van der Waals surface area contributed by atoms with Crippen LogP contribution in [0.3, 0.4) is 0 Å². The van der Waals surface area contributed by atoms with Gasteiger partial charge in [-0.15, -0.1) is 0 Å². The first-order valence-corrected chi connectivity index (χ1v) is 5.06. The number of hydroxylamine groups is 2. The van der Waals surface area contributed by atoms with Gasteiger partial charge in [0.15, 0.2) is 0 Å². The molecule has 1 fully saturated rings. The molecule has 0 heterocycles. The summed E-state index contributed by atoms with van der Waals surface area (Å²) in [5, 5.41) is 1.25. The number of ether oxygens (including phenoxy) is 1. The van der Waals surface area contributed by atoms with Gasteiger partial charge < -0.3 is 10.5 Å². The minimum atomic E-state index is -0.693. The van der Waals surface area contributed by atoms with Crippen LogP contribution < -0.4 is 5.73 Å². The van der Waals surface area contributed by atoms with E-state index in [1.807, 2.05) is 0 Å². The molecule has 15 heavy (non-hydrogen) atoms. The molecule has 1 amide bonds. The zero-order valence-electron chi connectivity index (χ0n) is 9.87. The third kappa shape index (κ3) is 3.15. The summed E-state index contributed by atoms with van der Waals surface area (Å²) in [7, 11) is 3.08. The number of hydrogen-bond acceptors (Lipinski definition) is 4. The number of amides is 1. The number of nitrogens with two attached hydrogens (primary N) is 1. The Balaban J connectivity index is 2.50. The van der Waals surface area contributed by atoms with Gasteiger partial charge in [-0.25, -0.2) is 5.06 Å². The maximum atomic E-state index is 11.9. The molecule has 0 aliphatic heterocycles. The van der Waals surface area contributed by atoms with Crippen molar-refractivity contribution in [2.45, 2.75) is 32.4 Å². The van der Waals surface area contributed by atoms with Gasteiger partial charge >= 0.3 is 0 Å². The molecule has 0 bridgehead atoms. The summed E-state index contributed by atoms with van der Waals surface area (Å²) in [6, 6.07) is 0. The van der Waals surface area contributed by atoms with Crippen LogP contribution in [0.15, 0.2) is 0 Å². The molecule has 5 heteroatoms. The minimum absolute atomic E-state index is 0.0331. The third-order valence-corrected chi connectivity index (χ3v) is 2.59. The van der Waals surface area contributed by atoms with Crippen molar-refractivity contribution in [1.29, 1.82) is 0 Å². The maximum Gasteiger partial charge on any atom is 0.254 e. The maximum absolute atomic E-state index is 11.9. The van der Waals surface area contributed by atoms with Crippen LogP contribution in [0.25, 0.3) is 0 Å². The summed E-state index contributed by atoms with van der Waals surface area (Å²) in [5.41, 5.74) is 4.61. The molecular formula is C10H20N2O3. The predicted molar refractivity (Wildman–Crippen MR) is 55.7 cm³/mol. The van der Waals surface area contributed by atoms with Crippen LogP contribution in [0, 0.1) is 5.41 Å². The first-order chi connectivity index (χ1) is 6.81. The van der Waals surface area contributed by atoms with Crippen LogP contribution in [0.4, 0.5) is 0 Å². The van der Waals surface area contributed by atoms with Crippen LogP contribution in [0.5, 0.6) is 0 Å². The van der Waals surface area contributed by atoms with E-state index in [4.69, 9.17) is 15.3 Å². The Labute approximate surface area is 90.5 Å².